The van der Waals surface area contributed by atoms with Crippen LogP contribution >= 0.6 is 0 Å². The van der Waals surface area contributed by atoms with Crippen molar-refractivity contribution in [3.05, 3.63) is 74.9 Å². The van der Waals surface area contributed by atoms with E-state index in [9.17, 15) is 14.4 Å². The number of furan rings is 1. The average Bonchev–Trinajstić information content (AvgIpc) is 3.00. The molecule has 0 fully saturated rings. The predicted octanol–water partition coefficient (Wildman–Crippen LogP) is 1.69. The number of nitrogens with two attached hydrogens (primary N) is 1. The van der Waals surface area contributed by atoms with E-state index >= 15 is 0 Å². The number of aromatic nitrogens is 2. The van der Waals surface area contributed by atoms with Gasteiger partial charge in [-0.25, -0.2) is 9.36 Å². The molecular formula is C19H15N3O4. The second-order valence-electron chi connectivity index (χ2n) is 6.09. The van der Waals surface area contributed by atoms with Crippen LogP contribution in [0.2, 0.25) is 0 Å². The minimum absolute atomic E-state index is 0.00706. The summed E-state index contributed by atoms with van der Waals surface area (Å²) < 4.78 is 7.88. The molecule has 130 valence electrons. The van der Waals surface area contributed by atoms with Gasteiger partial charge in [0.1, 0.15) is 17.6 Å². The van der Waals surface area contributed by atoms with Crippen LogP contribution in [0.4, 0.5) is 0 Å². The molecule has 7 nitrogen and oxygen atoms in total. The molecule has 0 saturated heterocycles. The van der Waals surface area contributed by atoms with Crippen molar-refractivity contribution in [3.8, 4) is 5.69 Å². The van der Waals surface area contributed by atoms with E-state index in [-0.39, 0.29) is 17.6 Å². The second kappa shape index (κ2) is 5.73. The maximum absolute atomic E-state index is 13.0. The molecule has 2 N–H and O–H groups in total. The summed E-state index contributed by atoms with van der Waals surface area (Å²) in [7, 11) is 0. The van der Waals surface area contributed by atoms with E-state index < -0.39 is 17.2 Å². The SMILES string of the molecule is Cc1ccc(-n2c(=O)c3oc4ccccc4c3n(CC(N)=O)c2=O)cc1. The number of nitrogens with zero attached hydrogens (tertiary/aromatic N) is 2. The molecule has 2 heterocycles. The first kappa shape index (κ1) is 15.9. The monoisotopic (exact) mass is 349 g/mol. The Morgan fingerprint density at radius 2 is 1.77 bits per heavy atom. The third-order valence-corrected chi connectivity index (χ3v) is 4.26. The number of amides is 1. The van der Waals surface area contributed by atoms with Crippen molar-refractivity contribution in [2.24, 2.45) is 5.73 Å². The Hall–Kier alpha value is -3.61. The lowest BCUT2D eigenvalue weighted by Crippen LogP contribution is -2.40. The summed E-state index contributed by atoms with van der Waals surface area (Å²) >= 11 is 0. The van der Waals surface area contributed by atoms with Gasteiger partial charge >= 0.3 is 11.2 Å². The fraction of sp³-hybridized carbons (Fsp3) is 0.105. The van der Waals surface area contributed by atoms with Crippen molar-refractivity contribution in [2.45, 2.75) is 13.5 Å². The first-order valence-electron chi connectivity index (χ1n) is 8.00. The standard InChI is InChI=1S/C19H15N3O4/c1-11-6-8-12(9-7-11)22-18(24)17-16(21(19(22)25)10-15(20)23)13-4-2-3-5-14(13)26-17/h2-9H,10H2,1H3,(H2,20,23). The van der Waals surface area contributed by atoms with E-state index in [0.717, 1.165) is 10.1 Å². The van der Waals surface area contributed by atoms with E-state index in [0.29, 0.717) is 16.7 Å². The van der Waals surface area contributed by atoms with Gasteiger partial charge in [0.2, 0.25) is 11.5 Å². The van der Waals surface area contributed by atoms with Crippen LogP contribution in [0.15, 0.2) is 62.5 Å². The van der Waals surface area contributed by atoms with Crippen molar-refractivity contribution >= 4 is 28.0 Å². The van der Waals surface area contributed by atoms with Crippen LogP contribution in [0.5, 0.6) is 0 Å². The smallest absolute Gasteiger partial charge is 0.336 e. The third-order valence-electron chi connectivity index (χ3n) is 4.26. The number of carbonyl (C=O) groups excluding carboxylic acids is 1. The topological polar surface area (TPSA) is 100 Å². The molecule has 0 atom stereocenters. The molecule has 2 aromatic carbocycles. The Morgan fingerprint density at radius 1 is 1.08 bits per heavy atom. The van der Waals surface area contributed by atoms with Gasteiger partial charge < -0.3 is 10.2 Å². The number of fused-ring (bicyclic) bond motifs is 3. The molecule has 0 saturated carbocycles. The molecular weight excluding hydrogens is 334 g/mol. The fourth-order valence-electron chi connectivity index (χ4n) is 3.07. The highest BCUT2D eigenvalue weighted by atomic mass is 16.3. The molecule has 0 aliphatic heterocycles. The van der Waals surface area contributed by atoms with Crippen molar-refractivity contribution in [1.29, 1.82) is 0 Å². The number of primary amides is 1. The second-order valence-corrected chi connectivity index (χ2v) is 6.09. The van der Waals surface area contributed by atoms with Crippen LogP contribution in [0.1, 0.15) is 5.56 Å². The van der Waals surface area contributed by atoms with Crippen molar-refractivity contribution in [1.82, 2.24) is 9.13 Å². The van der Waals surface area contributed by atoms with Gasteiger partial charge in [0.25, 0.3) is 0 Å². The molecule has 0 spiro atoms. The summed E-state index contributed by atoms with van der Waals surface area (Å²) in [5.74, 6) is -0.687. The highest BCUT2D eigenvalue weighted by molar-refractivity contribution is 6.02. The van der Waals surface area contributed by atoms with E-state index in [4.69, 9.17) is 10.2 Å². The van der Waals surface area contributed by atoms with Crippen LogP contribution in [0.25, 0.3) is 27.8 Å². The van der Waals surface area contributed by atoms with Crippen LogP contribution < -0.4 is 17.0 Å². The lowest BCUT2D eigenvalue weighted by molar-refractivity contribution is -0.118. The molecule has 26 heavy (non-hydrogen) atoms. The van der Waals surface area contributed by atoms with Gasteiger partial charge in [-0.2, -0.15) is 0 Å². The van der Waals surface area contributed by atoms with Crippen molar-refractivity contribution in [3.63, 3.8) is 0 Å². The zero-order chi connectivity index (χ0) is 18.4. The van der Waals surface area contributed by atoms with Gasteiger partial charge in [0.15, 0.2) is 0 Å². The van der Waals surface area contributed by atoms with Gasteiger partial charge in [-0.15, -0.1) is 0 Å². The minimum atomic E-state index is -0.687. The Labute approximate surface area is 146 Å². The maximum Gasteiger partial charge on any atom is 0.336 e. The van der Waals surface area contributed by atoms with Crippen LogP contribution in [0, 0.1) is 6.92 Å². The number of benzene rings is 2. The van der Waals surface area contributed by atoms with E-state index in [1.807, 2.05) is 6.92 Å². The number of hydrogen-bond donors (Lipinski definition) is 1. The first-order valence-corrected chi connectivity index (χ1v) is 8.00. The largest absolute Gasteiger partial charge is 0.449 e. The molecule has 0 aliphatic carbocycles. The van der Waals surface area contributed by atoms with Crippen LogP contribution in [-0.2, 0) is 11.3 Å². The van der Waals surface area contributed by atoms with Gasteiger partial charge in [0.05, 0.1) is 5.69 Å². The molecule has 2 aromatic heterocycles. The summed E-state index contributed by atoms with van der Waals surface area (Å²) in [6, 6.07) is 13.9. The van der Waals surface area contributed by atoms with E-state index in [1.165, 1.54) is 4.57 Å². The molecule has 4 rings (SSSR count). The van der Waals surface area contributed by atoms with Gasteiger partial charge in [0, 0.05) is 5.39 Å². The minimum Gasteiger partial charge on any atom is -0.449 e. The quantitative estimate of drug-likeness (QED) is 0.608. The fourth-order valence-corrected chi connectivity index (χ4v) is 3.07. The Bertz CT molecular complexity index is 1280. The highest BCUT2D eigenvalue weighted by Crippen LogP contribution is 2.25. The number of rotatable bonds is 3. The lowest BCUT2D eigenvalue weighted by Gasteiger charge is -2.10. The molecule has 0 unspecified atom stereocenters. The Morgan fingerprint density at radius 3 is 2.46 bits per heavy atom. The van der Waals surface area contributed by atoms with Crippen LogP contribution in [-0.4, -0.2) is 15.0 Å². The normalized spacial score (nSPS) is 11.3. The first-order chi connectivity index (χ1) is 12.5. The van der Waals surface area contributed by atoms with Crippen molar-refractivity contribution in [2.75, 3.05) is 0 Å². The Kier molecular flexibility index (Phi) is 3.50. The molecule has 4 aromatic rings. The maximum atomic E-state index is 13.0. The van der Waals surface area contributed by atoms with Gasteiger partial charge in [-0.3, -0.25) is 14.2 Å². The van der Waals surface area contributed by atoms with Crippen LogP contribution in [0.3, 0.4) is 0 Å². The van der Waals surface area contributed by atoms with Gasteiger partial charge in [-0.05, 0) is 31.2 Å². The summed E-state index contributed by atoms with van der Waals surface area (Å²) in [5, 5.41) is 0.578. The summed E-state index contributed by atoms with van der Waals surface area (Å²) in [6.07, 6.45) is 0. The van der Waals surface area contributed by atoms with Gasteiger partial charge in [-0.1, -0.05) is 29.8 Å². The molecule has 0 radical (unpaired) electrons. The zero-order valence-corrected chi connectivity index (χ0v) is 13.9. The van der Waals surface area contributed by atoms with E-state index in [1.54, 1.807) is 48.5 Å². The summed E-state index contributed by atoms with van der Waals surface area (Å²) in [4.78, 5) is 37.6. The Balaban J connectivity index is 2.19. The predicted molar refractivity (Wildman–Crippen MR) is 97.5 cm³/mol. The van der Waals surface area contributed by atoms with E-state index in [2.05, 4.69) is 0 Å². The number of para-hydroxylation sites is 1. The third kappa shape index (κ3) is 2.33. The summed E-state index contributed by atoms with van der Waals surface area (Å²) in [5.41, 5.74) is 6.23. The lowest BCUT2D eigenvalue weighted by atomic mass is 10.2. The number of aryl methyl sites for hydroxylation is 1. The molecule has 7 heteroatoms. The highest BCUT2D eigenvalue weighted by Gasteiger charge is 2.21. The average molecular weight is 349 g/mol. The zero-order valence-electron chi connectivity index (χ0n) is 13.9. The molecule has 0 aliphatic rings. The number of carbonyl (C=O) groups is 1. The summed E-state index contributed by atoms with van der Waals surface area (Å²) in [6.45, 7) is 1.55. The molecule has 0 bridgehead atoms. The number of hydrogen-bond acceptors (Lipinski definition) is 4. The van der Waals surface area contributed by atoms with Crippen molar-refractivity contribution < 1.29 is 9.21 Å². The molecule has 1 amide bonds.